The van der Waals surface area contributed by atoms with E-state index >= 15 is 0 Å². The fourth-order valence-corrected chi connectivity index (χ4v) is 2.61. The molecule has 0 saturated carbocycles. The molecule has 0 radical (unpaired) electrons. The monoisotopic (exact) mass is 231 g/mol. The zero-order chi connectivity index (χ0) is 10.1. The average molecular weight is 232 g/mol. The van der Waals surface area contributed by atoms with Gasteiger partial charge in [0, 0.05) is 24.6 Å². The molecule has 2 heterocycles. The highest BCUT2D eigenvalue weighted by Gasteiger charge is 2.25. The molecular formula is C9H14ClN3S. The number of alkyl halides is 1. The summed E-state index contributed by atoms with van der Waals surface area (Å²) in [6.45, 7) is 6.08. The number of hydrogen-bond donors (Lipinski definition) is 0. The third kappa shape index (κ3) is 2.01. The van der Waals surface area contributed by atoms with Gasteiger partial charge in [0.05, 0.1) is 5.38 Å². The largest absolute Gasteiger partial charge is 0.345 e. The SMILES string of the molecule is Cc1nsc(N2CCC(C)C(Cl)C2)n1. The van der Waals surface area contributed by atoms with Gasteiger partial charge in [-0.1, -0.05) is 6.92 Å². The molecule has 1 aromatic rings. The first kappa shape index (κ1) is 10.2. The molecule has 1 fully saturated rings. The van der Waals surface area contributed by atoms with Crippen molar-refractivity contribution in [2.75, 3.05) is 18.0 Å². The first-order valence-corrected chi connectivity index (χ1v) is 6.07. The number of nitrogens with zero attached hydrogens (tertiary/aromatic N) is 3. The topological polar surface area (TPSA) is 29.0 Å². The molecule has 0 spiro atoms. The van der Waals surface area contributed by atoms with Crippen LogP contribution in [0.3, 0.4) is 0 Å². The van der Waals surface area contributed by atoms with Crippen molar-refractivity contribution in [2.24, 2.45) is 5.92 Å². The molecule has 1 aliphatic rings. The number of halogens is 1. The van der Waals surface area contributed by atoms with Crippen LogP contribution >= 0.6 is 23.1 Å². The lowest BCUT2D eigenvalue weighted by Gasteiger charge is -2.33. The van der Waals surface area contributed by atoms with E-state index in [1.165, 1.54) is 11.5 Å². The molecule has 2 atom stereocenters. The van der Waals surface area contributed by atoms with Crippen LogP contribution in [0, 0.1) is 12.8 Å². The van der Waals surface area contributed by atoms with Crippen LogP contribution in [0.2, 0.25) is 0 Å². The molecule has 14 heavy (non-hydrogen) atoms. The van der Waals surface area contributed by atoms with Gasteiger partial charge in [0.25, 0.3) is 0 Å². The zero-order valence-electron chi connectivity index (χ0n) is 8.40. The van der Waals surface area contributed by atoms with Gasteiger partial charge in [-0.05, 0) is 19.3 Å². The molecule has 2 unspecified atom stereocenters. The first-order chi connectivity index (χ1) is 6.66. The lowest BCUT2D eigenvalue weighted by atomic mass is 9.99. The lowest BCUT2D eigenvalue weighted by molar-refractivity contribution is 0.445. The summed E-state index contributed by atoms with van der Waals surface area (Å²) in [6.07, 6.45) is 1.15. The third-order valence-corrected chi connectivity index (χ3v) is 4.09. The van der Waals surface area contributed by atoms with E-state index in [4.69, 9.17) is 11.6 Å². The molecule has 0 N–H and O–H groups in total. The maximum absolute atomic E-state index is 6.23. The van der Waals surface area contributed by atoms with Crippen molar-refractivity contribution in [3.63, 3.8) is 0 Å². The van der Waals surface area contributed by atoms with Crippen LogP contribution in [-0.4, -0.2) is 27.8 Å². The number of hydrogen-bond acceptors (Lipinski definition) is 4. The van der Waals surface area contributed by atoms with Crippen LogP contribution in [0.25, 0.3) is 0 Å². The lowest BCUT2D eigenvalue weighted by Crippen LogP contribution is -2.40. The second kappa shape index (κ2) is 4.03. The summed E-state index contributed by atoms with van der Waals surface area (Å²) in [6, 6.07) is 0. The van der Waals surface area contributed by atoms with Crippen molar-refractivity contribution >= 4 is 28.3 Å². The second-order valence-corrected chi connectivity index (χ2v) is 5.14. The highest BCUT2D eigenvalue weighted by Crippen LogP contribution is 2.27. The molecule has 1 aromatic heterocycles. The van der Waals surface area contributed by atoms with E-state index in [0.29, 0.717) is 5.92 Å². The maximum Gasteiger partial charge on any atom is 0.205 e. The van der Waals surface area contributed by atoms with Crippen molar-refractivity contribution in [1.82, 2.24) is 9.36 Å². The Morgan fingerprint density at radius 3 is 2.93 bits per heavy atom. The van der Waals surface area contributed by atoms with Crippen LogP contribution in [0.4, 0.5) is 5.13 Å². The van der Waals surface area contributed by atoms with E-state index in [0.717, 1.165) is 30.5 Å². The standard InChI is InChI=1S/C9H14ClN3S/c1-6-3-4-13(5-8(6)10)9-11-7(2)12-14-9/h6,8H,3-5H2,1-2H3. The van der Waals surface area contributed by atoms with Crippen molar-refractivity contribution in [2.45, 2.75) is 25.6 Å². The average Bonchev–Trinajstić information content (AvgIpc) is 2.57. The van der Waals surface area contributed by atoms with Crippen LogP contribution in [-0.2, 0) is 0 Å². The van der Waals surface area contributed by atoms with Gasteiger partial charge in [0.1, 0.15) is 5.82 Å². The Balaban J connectivity index is 2.06. The van der Waals surface area contributed by atoms with Gasteiger partial charge >= 0.3 is 0 Å². The molecule has 2 rings (SSSR count). The number of piperidine rings is 1. The van der Waals surface area contributed by atoms with Gasteiger partial charge in [0.15, 0.2) is 0 Å². The normalized spacial score (nSPS) is 28.1. The molecule has 0 bridgehead atoms. The van der Waals surface area contributed by atoms with E-state index < -0.39 is 0 Å². The fourth-order valence-electron chi connectivity index (χ4n) is 1.61. The Morgan fingerprint density at radius 1 is 1.57 bits per heavy atom. The van der Waals surface area contributed by atoms with Gasteiger partial charge in [0.2, 0.25) is 5.13 Å². The number of aryl methyl sites for hydroxylation is 1. The predicted octanol–water partition coefficient (Wildman–Crippen LogP) is 2.30. The Bertz CT molecular complexity index is 315. The van der Waals surface area contributed by atoms with Crippen molar-refractivity contribution in [1.29, 1.82) is 0 Å². The molecule has 3 nitrogen and oxygen atoms in total. The summed E-state index contributed by atoms with van der Waals surface area (Å²) in [4.78, 5) is 6.61. The zero-order valence-corrected chi connectivity index (χ0v) is 9.98. The molecule has 5 heteroatoms. The summed E-state index contributed by atoms with van der Waals surface area (Å²) in [7, 11) is 0. The van der Waals surface area contributed by atoms with Crippen LogP contribution in [0.1, 0.15) is 19.2 Å². The summed E-state index contributed by atoms with van der Waals surface area (Å²) >= 11 is 7.70. The van der Waals surface area contributed by atoms with Gasteiger partial charge in [-0.15, -0.1) is 11.6 Å². The Hall–Kier alpha value is -0.350. The van der Waals surface area contributed by atoms with Gasteiger partial charge in [-0.2, -0.15) is 4.37 Å². The van der Waals surface area contributed by atoms with Gasteiger partial charge in [-0.25, -0.2) is 4.98 Å². The fraction of sp³-hybridized carbons (Fsp3) is 0.778. The third-order valence-electron chi connectivity index (χ3n) is 2.65. The summed E-state index contributed by atoms with van der Waals surface area (Å²) in [5, 5.41) is 1.26. The summed E-state index contributed by atoms with van der Waals surface area (Å²) in [5.41, 5.74) is 0. The predicted molar refractivity (Wildman–Crippen MR) is 60.3 cm³/mol. The molecule has 1 saturated heterocycles. The Labute approximate surface area is 93.3 Å². The van der Waals surface area contributed by atoms with Crippen molar-refractivity contribution in [3.05, 3.63) is 5.82 Å². The molecule has 78 valence electrons. The number of anilines is 1. The van der Waals surface area contributed by atoms with E-state index in [-0.39, 0.29) is 5.38 Å². The number of rotatable bonds is 1. The van der Waals surface area contributed by atoms with E-state index in [2.05, 4.69) is 21.2 Å². The Morgan fingerprint density at radius 2 is 2.36 bits per heavy atom. The first-order valence-electron chi connectivity index (χ1n) is 4.86. The highest BCUT2D eigenvalue weighted by molar-refractivity contribution is 7.09. The summed E-state index contributed by atoms with van der Waals surface area (Å²) < 4.78 is 4.18. The van der Waals surface area contributed by atoms with E-state index in [9.17, 15) is 0 Å². The minimum atomic E-state index is 0.243. The van der Waals surface area contributed by atoms with Gasteiger partial charge in [-0.3, -0.25) is 0 Å². The quantitative estimate of drug-likeness (QED) is 0.695. The van der Waals surface area contributed by atoms with E-state index in [1.807, 2.05) is 6.92 Å². The molecule has 0 amide bonds. The molecule has 0 aromatic carbocycles. The summed E-state index contributed by atoms with van der Waals surface area (Å²) in [5.74, 6) is 1.47. The highest BCUT2D eigenvalue weighted by atomic mass is 35.5. The van der Waals surface area contributed by atoms with Crippen molar-refractivity contribution < 1.29 is 0 Å². The minimum Gasteiger partial charge on any atom is -0.345 e. The van der Waals surface area contributed by atoms with E-state index in [1.54, 1.807) is 0 Å². The molecular weight excluding hydrogens is 218 g/mol. The molecule has 1 aliphatic heterocycles. The maximum atomic E-state index is 6.23. The Kier molecular flexibility index (Phi) is 2.93. The van der Waals surface area contributed by atoms with Crippen LogP contribution < -0.4 is 4.90 Å². The van der Waals surface area contributed by atoms with Gasteiger partial charge < -0.3 is 4.90 Å². The van der Waals surface area contributed by atoms with Crippen LogP contribution in [0.5, 0.6) is 0 Å². The second-order valence-electron chi connectivity index (χ2n) is 3.85. The van der Waals surface area contributed by atoms with Crippen molar-refractivity contribution in [3.8, 4) is 0 Å². The van der Waals surface area contributed by atoms with Crippen LogP contribution in [0.15, 0.2) is 0 Å². The minimum absolute atomic E-state index is 0.243. The number of aromatic nitrogens is 2. The molecule has 0 aliphatic carbocycles. The smallest absolute Gasteiger partial charge is 0.205 e.